The van der Waals surface area contributed by atoms with Gasteiger partial charge < -0.3 is 19.7 Å². The van der Waals surface area contributed by atoms with Crippen LogP contribution in [0.25, 0.3) is 10.7 Å². The number of aliphatic hydroxyl groups is 2. The molecule has 1 aliphatic heterocycles. The van der Waals surface area contributed by atoms with E-state index in [1.807, 2.05) is 0 Å². The number of aliphatic hydroxyl groups excluding tert-OH is 2. The molecule has 168 valence electrons. The molecule has 0 amide bonds. The number of hydrogen-bond acceptors (Lipinski definition) is 10. The molecule has 4 rings (SSSR count). The van der Waals surface area contributed by atoms with Crippen molar-refractivity contribution in [3.05, 3.63) is 50.5 Å². The molecule has 2 aromatic heterocycles. The summed E-state index contributed by atoms with van der Waals surface area (Å²) in [5.74, 6) is 0. The van der Waals surface area contributed by atoms with E-state index in [-0.39, 0.29) is 5.56 Å². The van der Waals surface area contributed by atoms with E-state index in [9.17, 15) is 15.5 Å². The number of hydrogen-bond donors (Lipinski definition) is 3. The van der Waals surface area contributed by atoms with Crippen LogP contribution in [0.1, 0.15) is 11.1 Å². The maximum Gasteiger partial charge on any atom is 0.148 e. The lowest BCUT2D eigenvalue weighted by molar-refractivity contribution is -0.213. The normalized spacial score (nSPS) is 27.9. The summed E-state index contributed by atoms with van der Waals surface area (Å²) >= 11 is 15.2. The Kier molecular flexibility index (Phi) is 6.90. The fraction of sp³-hybridized carbons (Fsp3) is 0.368. The smallest absolute Gasteiger partial charge is 0.148 e. The van der Waals surface area contributed by atoms with Gasteiger partial charge in [-0.05, 0) is 18.2 Å². The van der Waals surface area contributed by atoms with Gasteiger partial charge in [0, 0.05) is 22.5 Å². The summed E-state index contributed by atoms with van der Waals surface area (Å²) in [7, 11) is 1.44. The number of halogens is 2. The fourth-order valence-electron chi connectivity index (χ4n) is 3.99. The van der Waals surface area contributed by atoms with E-state index in [4.69, 9.17) is 21.1 Å². The van der Waals surface area contributed by atoms with Crippen molar-refractivity contribution < 1.29 is 19.7 Å². The Hall–Kier alpha value is -1.56. The molecule has 1 saturated heterocycles. The maximum absolute atomic E-state index is 11.6. The van der Waals surface area contributed by atoms with Crippen LogP contribution in [0.2, 0.25) is 5.15 Å². The second kappa shape index (κ2) is 9.36. The Balaban J connectivity index is 2.03. The number of nitriles is 1. The highest BCUT2D eigenvalue weighted by Gasteiger charge is 2.60. The molecule has 1 fully saturated rings. The number of rotatable bonds is 5. The number of ether oxygens (including phenoxy) is 2. The molecule has 32 heavy (non-hydrogen) atoms. The van der Waals surface area contributed by atoms with Crippen LogP contribution in [-0.2, 0) is 15.0 Å². The number of thiol groups is 1. The molecule has 1 aliphatic rings. The summed E-state index contributed by atoms with van der Waals surface area (Å²) < 4.78 is 13.6. The van der Waals surface area contributed by atoms with Crippen LogP contribution < -0.4 is 0 Å². The van der Waals surface area contributed by atoms with Gasteiger partial charge >= 0.3 is 0 Å². The van der Waals surface area contributed by atoms with Gasteiger partial charge in [-0.15, -0.1) is 29.1 Å². The highest BCUT2D eigenvalue weighted by Crippen LogP contribution is 2.45. The minimum absolute atomic E-state index is 0.280. The van der Waals surface area contributed by atoms with Crippen LogP contribution in [0.15, 0.2) is 34.2 Å². The first-order chi connectivity index (χ1) is 15.4. The third-order valence-electron chi connectivity index (χ3n) is 5.35. The van der Waals surface area contributed by atoms with Crippen LogP contribution in [0.5, 0.6) is 0 Å². The average molecular weight is 559 g/mol. The zero-order valence-corrected chi connectivity index (χ0v) is 20.5. The Bertz CT molecular complexity index is 1170. The van der Waals surface area contributed by atoms with Crippen molar-refractivity contribution in [3.8, 4) is 16.8 Å². The van der Waals surface area contributed by atoms with Gasteiger partial charge in [0.25, 0.3) is 0 Å². The highest BCUT2D eigenvalue weighted by molar-refractivity contribution is 9.10. The molecule has 5 atom stereocenters. The van der Waals surface area contributed by atoms with Crippen LogP contribution in [0.3, 0.4) is 0 Å². The van der Waals surface area contributed by atoms with Crippen LogP contribution >= 0.6 is 51.5 Å². The molecule has 0 saturated carbocycles. The van der Waals surface area contributed by atoms with Crippen molar-refractivity contribution in [2.45, 2.75) is 29.3 Å². The Morgan fingerprint density at radius 3 is 2.91 bits per heavy atom. The summed E-state index contributed by atoms with van der Waals surface area (Å²) in [4.78, 5) is 4.22. The van der Waals surface area contributed by atoms with Crippen LogP contribution in [0.4, 0.5) is 0 Å². The Morgan fingerprint density at radius 1 is 1.50 bits per heavy atom. The Morgan fingerprint density at radius 2 is 2.28 bits per heavy atom. The molecular formula is C19H17BrClN5O4S2. The molecule has 0 spiro atoms. The lowest BCUT2D eigenvalue weighted by atomic mass is 9.74. The van der Waals surface area contributed by atoms with E-state index < -0.39 is 35.9 Å². The van der Waals surface area contributed by atoms with Crippen molar-refractivity contribution in [2.75, 3.05) is 13.7 Å². The van der Waals surface area contributed by atoms with E-state index >= 15 is 0 Å². The standard InChI is InChI=1S/C19H17BrClN5O4S2/c1-29-16-18(31)30-13(7-27)15(28)19(16,11-4-10(20)3-2-9(11)5-22)26-6-12(24-25-26)17-23-14(21)8-32-17/h2-4,6,8,13,15-16,18,27-28,31H,7H2,1H3/t13-,15+,16+,18-,19?/m1/s1. The van der Waals surface area contributed by atoms with E-state index in [0.717, 1.165) is 0 Å². The molecule has 1 unspecified atom stereocenters. The van der Waals surface area contributed by atoms with Gasteiger partial charge in [-0.3, -0.25) is 0 Å². The SMILES string of the molecule is CO[C@H]1[C@@H](S)O[C@H](CO)[C@H](O)C1(c1cc(Br)ccc1C#N)n1cc(-c2nc(Cl)cs2)nn1. The molecule has 0 aliphatic carbocycles. The van der Waals surface area contributed by atoms with Crippen molar-refractivity contribution in [1.82, 2.24) is 20.0 Å². The van der Waals surface area contributed by atoms with Crippen molar-refractivity contribution in [3.63, 3.8) is 0 Å². The van der Waals surface area contributed by atoms with E-state index in [1.165, 1.54) is 23.1 Å². The minimum Gasteiger partial charge on any atom is -0.394 e. The molecular weight excluding hydrogens is 542 g/mol. The van der Waals surface area contributed by atoms with Crippen molar-refractivity contribution >= 4 is 51.5 Å². The topological polar surface area (TPSA) is 126 Å². The third-order valence-corrected chi connectivity index (χ3v) is 7.42. The van der Waals surface area contributed by atoms with Gasteiger partial charge in [-0.25, -0.2) is 9.67 Å². The summed E-state index contributed by atoms with van der Waals surface area (Å²) in [6.07, 6.45) is -1.74. The predicted octanol–water partition coefficient (Wildman–Crippen LogP) is 2.46. The first kappa shape index (κ1) is 23.6. The second-order valence-corrected chi connectivity index (χ2v) is 9.67. The fourth-order valence-corrected chi connectivity index (χ4v) is 5.76. The average Bonchev–Trinajstić information content (AvgIpc) is 3.44. The number of aromatic nitrogens is 4. The van der Waals surface area contributed by atoms with Gasteiger partial charge in [-0.2, -0.15) is 5.26 Å². The quantitative estimate of drug-likeness (QED) is 0.408. The van der Waals surface area contributed by atoms with Gasteiger partial charge in [0.15, 0.2) is 0 Å². The number of benzene rings is 1. The Labute approximate surface area is 206 Å². The number of nitrogens with zero attached hydrogens (tertiary/aromatic N) is 5. The van der Waals surface area contributed by atoms with Crippen molar-refractivity contribution in [1.29, 1.82) is 5.26 Å². The summed E-state index contributed by atoms with van der Waals surface area (Å²) in [6, 6.07) is 7.21. The molecule has 3 aromatic rings. The molecule has 0 bridgehead atoms. The first-order valence-corrected chi connectivity index (χ1v) is 11.8. The van der Waals surface area contributed by atoms with Gasteiger partial charge in [0.2, 0.25) is 0 Å². The van der Waals surface area contributed by atoms with E-state index in [2.05, 4.69) is 49.9 Å². The highest BCUT2D eigenvalue weighted by atomic mass is 79.9. The zero-order valence-electron chi connectivity index (χ0n) is 16.5. The molecule has 13 heteroatoms. The van der Waals surface area contributed by atoms with Crippen molar-refractivity contribution in [2.24, 2.45) is 0 Å². The number of methoxy groups -OCH3 is 1. The van der Waals surface area contributed by atoms with Crippen LogP contribution in [0, 0.1) is 11.3 Å². The lowest BCUT2D eigenvalue weighted by Gasteiger charge is -2.51. The zero-order chi connectivity index (χ0) is 23.0. The molecule has 2 N–H and O–H groups in total. The molecule has 9 nitrogen and oxygen atoms in total. The predicted molar refractivity (Wildman–Crippen MR) is 124 cm³/mol. The maximum atomic E-state index is 11.6. The molecule has 0 radical (unpaired) electrons. The summed E-state index contributed by atoms with van der Waals surface area (Å²) in [5, 5.41) is 42.4. The number of thiazole rings is 1. The lowest BCUT2D eigenvalue weighted by Crippen LogP contribution is -2.68. The molecule has 1 aromatic carbocycles. The summed E-state index contributed by atoms with van der Waals surface area (Å²) in [5.41, 5.74) is -1.29. The summed E-state index contributed by atoms with van der Waals surface area (Å²) in [6.45, 7) is -0.490. The largest absolute Gasteiger partial charge is 0.394 e. The van der Waals surface area contributed by atoms with Crippen LogP contribution in [-0.4, -0.2) is 67.7 Å². The second-order valence-electron chi connectivity index (χ2n) is 7.00. The van der Waals surface area contributed by atoms with E-state index in [0.29, 0.717) is 25.9 Å². The van der Waals surface area contributed by atoms with Gasteiger partial charge in [0.1, 0.15) is 45.1 Å². The monoisotopic (exact) mass is 557 g/mol. The minimum atomic E-state index is -1.52. The third kappa shape index (κ3) is 3.76. The van der Waals surface area contributed by atoms with Gasteiger partial charge in [-0.1, -0.05) is 32.7 Å². The first-order valence-electron chi connectivity index (χ1n) is 9.26. The molecule has 3 heterocycles. The van der Waals surface area contributed by atoms with E-state index in [1.54, 1.807) is 29.8 Å². The van der Waals surface area contributed by atoms with Gasteiger partial charge in [0.05, 0.1) is 24.4 Å².